The first kappa shape index (κ1) is 15.7. The van der Waals surface area contributed by atoms with E-state index in [1.165, 1.54) is 17.9 Å². The SMILES string of the molecule is C1CSC1.[O-2].[O-2].[Ti+4]. The molecule has 0 aromatic heterocycles. The Kier molecular flexibility index (Phi) is 22.5. The molecule has 2 nitrogen and oxygen atoms in total. The Labute approximate surface area is 62.6 Å². The Morgan fingerprint density at radius 1 is 1.00 bits per heavy atom. The number of thioether (sulfide) groups is 1. The molecule has 0 N–H and O–H groups in total. The predicted octanol–water partition coefficient (Wildman–Crippen LogP) is 0.883. The van der Waals surface area contributed by atoms with Crippen molar-refractivity contribution in [2.75, 3.05) is 11.5 Å². The molecular weight excluding hydrogens is 148 g/mol. The number of hydrogen-bond acceptors (Lipinski definition) is 1. The summed E-state index contributed by atoms with van der Waals surface area (Å²) < 4.78 is 0. The molecule has 0 radical (unpaired) electrons. The quantitative estimate of drug-likeness (QED) is 0.477. The second-order valence-corrected chi connectivity index (χ2v) is 2.19. The first-order valence-electron chi connectivity index (χ1n) is 1.58. The second kappa shape index (κ2) is 10.1. The molecule has 0 unspecified atom stereocenters. The van der Waals surface area contributed by atoms with E-state index < -0.39 is 0 Å². The fourth-order valence-electron chi connectivity index (χ4n) is 0.144. The van der Waals surface area contributed by atoms with Crippen LogP contribution in [0.1, 0.15) is 6.42 Å². The fourth-order valence-corrected chi connectivity index (χ4v) is 0.433. The summed E-state index contributed by atoms with van der Waals surface area (Å²) in [6, 6.07) is 0. The molecule has 0 aromatic carbocycles. The molecule has 1 fully saturated rings. The van der Waals surface area contributed by atoms with Crippen molar-refractivity contribution in [3.63, 3.8) is 0 Å². The van der Waals surface area contributed by atoms with Gasteiger partial charge < -0.3 is 11.0 Å². The van der Waals surface area contributed by atoms with Gasteiger partial charge in [-0.05, 0) is 17.9 Å². The molecule has 1 rings (SSSR count). The average molecular weight is 154 g/mol. The Hall–Kier alpha value is 0.984. The molecule has 0 spiro atoms. The van der Waals surface area contributed by atoms with E-state index in [2.05, 4.69) is 0 Å². The summed E-state index contributed by atoms with van der Waals surface area (Å²) in [6.45, 7) is 0. The first-order chi connectivity index (χ1) is 2.00. The predicted molar refractivity (Wildman–Crippen MR) is 23.3 cm³/mol. The van der Waals surface area contributed by atoms with Crippen LogP contribution in [0, 0.1) is 0 Å². The summed E-state index contributed by atoms with van der Waals surface area (Å²) >= 11 is 2.04. The van der Waals surface area contributed by atoms with E-state index in [1.807, 2.05) is 11.8 Å². The van der Waals surface area contributed by atoms with Gasteiger partial charge in [0.1, 0.15) is 0 Å². The van der Waals surface area contributed by atoms with E-state index in [9.17, 15) is 0 Å². The molecule has 7 heavy (non-hydrogen) atoms. The van der Waals surface area contributed by atoms with E-state index in [0.29, 0.717) is 0 Å². The van der Waals surface area contributed by atoms with Crippen molar-refractivity contribution >= 4 is 11.8 Å². The smallest absolute Gasteiger partial charge is 2.00 e. The van der Waals surface area contributed by atoms with Crippen LogP contribution in [0.3, 0.4) is 0 Å². The first-order valence-corrected chi connectivity index (χ1v) is 2.73. The molecule has 1 saturated heterocycles. The zero-order valence-electron chi connectivity index (χ0n) is 3.85. The molecule has 1 aliphatic heterocycles. The minimum atomic E-state index is 0. The molecule has 0 aliphatic carbocycles. The maximum absolute atomic E-state index is 2.04. The monoisotopic (exact) mass is 154 g/mol. The third-order valence-corrected chi connectivity index (χ3v) is 1.73. The van der Waals surface area contributed by atoms with Gasteiger partial charge in [0.05, 0.1) is 0 Å². The van der Waals surface area contributed by atoms with Gasteiger partial charge in [-0.15, -0.1) is 0 Å². The van der Waals surface area contributed by atoms with Crippen LogP contribution in [-0.4, -0.2) is 11.5 Å². The van der Waals surface area contributed by atoms with Crippen molar-refractivity contribution in [3.05, 3.63) is 0 Å². The van der Waals surface area contributed by atoms with Gasteiger partial charge in [0.25, 0.3) is 0 Å². The summed E-state index contributed by atoms with van der Waals surface area (Å²) in [7, 11) is 0. The molecular formula is C3H6O2STi. The van der Waals surface area contributed by atoms with Crippen LogP contribution in [0.15, 0.2) is 0 Å². The summed E-state index contributed by atoms with van der Waals surface area (Å²) in [6.07, 6.45) is 1.46. The minimum Gasteiger partial charge on any atom is -2.00 e. The summed E-state index contributed by atoms with van der Waals surface area (Å²) in [5.74, 6) is 2.83. The van der Waals surface area contributed by atoms with Gasteiger partial charge in [0.15, 0.2) is 0 Å². The van der Waals surface area contributed by atoms with Crippen molar-refractivity contribution in [1.29, 1.82) is 0 Å². The molecule has 1 aliphatic rings. The largest absolute Gasteiger partial charge is 4.00 e. The normalized spacial score (nSPS) is 13.7. The maximum atomic E-state index is 2.04. The molecule has 40 valence electrons. The van der Waals surface area contributed by atoms with Gasteiger partial charge in [0.2, 0.25) is 0 Å². The Morgan fingerprint density at radius 3 is 1.14 bits per heavy atom. The second-order valence-electron chi connectivity index (χ2n) is 0.966. The van der Waals surface area contributed by atoms with Gasteiger partial charge in [-0.25, -0.2) is 0 Å². The molecule has 0 amide bonds. The fraction of sp³-hybridized carbons (Fsp3) is 1.00. The Morgan fingerprint density at radius 2 is 1.14 bits per heavy atom. The molecule has 0 bridgehead atoms. The zero-order chi connectivity index (χ0) is 2.83. The van der Waals surface area contributed by atoms with Crippen molar-refractivity contribution in [3.8, 4) is 0 Å². The van der Waals surface area contributed by atoms with E-state index in [0.717, 1.165) is 0 Å². The van der Waals surface area contributed by atoms with Gasteiger partial charge in [-0.1, -0.05) is 0 Å². The third-order valence-electron chi connectivity index (χ3n) is 0.577. The summed E-state index contributed by atoms with van der Waals surface area (Å²) in [5, 5.41) is 0. The molecule has 4 heteroatoms. The van der Waals surface area contributed by atoms with Crippen molar-refractivity contribution in [2.24, 2.45) is 0 Å². The topological polar surface area (TPSA) is 57.0 Å². The van der Waals surface area contributed by atoms with Gasteiger partial charge in [-0.2, -0.15) is 11.8 Å². The van der Waals surface area contributed by atoms with Crippen LogP contribution in [0.4, 0.5) is 0 Å². The third kappa shape index (κ3) is 6.98. The van der Waals surface area contributed by atoms with Crippen LogP contribution in [0.2, 0.25) is 0 Å². The van der Waals surface area contributed by atoms with E-state index in [4.69, 9.17) is 0 Å². The van der Waals surface area contributed by atoms with Gasteiger partial charge in [0, 0.05) is 0 Å². The van der Waals surface area contributed by atoms with E-state index in [-0.39, 0.29) is 32.7 Å². The number of rotatable bonds is 0. The van der Waals surface area contributed by atoms with Crippen LogP contribution in [0.25, 0.3) is 0 Å². The molecule has 0 atom stereocenters. The molecule has 1 heterocycles. The van der Waals surface area contributed by atoms with Crippen LogP contribution < -0.4 is 0 Å². The van der Waals surface area contributed by atoms with Gasteiger partial charge in [-0.3, -0.25) is 0 Å². The average Bonchev–Trinajstić information content (AvgIpc) is 0.722. The van der Waals surface area contributed by atoms with Gasteiger partial charge >= 0.3 is 21.7 Å². The zero-order valence-corrected chi connectivity index (χ0v) is 6.22. The van der Waals surface area contributed by atoms with Crippen LogP contribution >= 0.6 is 11.8 Å². The Bertz CT molecular complexity index is 20.9. The summed E-state index contributed by atoms with van der Waals surface area (Å²) in [5.41, 5.74) is 0. The van der Waals surface area contributed by atoms with E-state index >= 15 is 0 Å². The molecule has 0 saturated carbocycles. The summed E-state index contributed by atoms with van der Waals surface area (Å²) in [4.78, 5) is 0. The standard InChI is InChI=1S/C3H6S.2O.Ti/c1-2-4-3-1;;;/h1-3H2;;;/q;2*-2;+4. The van der Waals surface area contributed by atoms with Crippen LogP contribution in [0.5, 0.6) is 0 Å². The molecule has 0 aromatic rings. The van der Waals surface area contributed by atoms with Crippen molar-refractivity contribution in [1.82, 2.24) is 0 Å². The maximum Gasteiger partial charge on any atom is 4.00 e. The van der Waals surface area contributed by atoms with Crippen molar-refractivity contribution in [2.45, 2.75) is 6.42 Å². The number of hydrogen-bond donors (Lipinski definition) is 0. The van der Waals surface area contributed by atoms with Crippen molar-refractivity contribution < 1.29 is 32.7 Å². The Balaban J connectivity index is -0.0000000533. The minimum absolute atomic E-state index is 0. The van der Waals surface area contributed by atoms with E-state index in [1.54, 1.807) is 0 Å². The van der Waals surface area contributed by atoms with Crippen LogP contribution in [-0.2, 0) is 32.7 Å².